The zero-order chi connectivity index (χ0) is 14.4. The Kier molecular flexibility index (Phi) is 3.24. The minimum Gasteiger partial charge on any atom is -0.485 e. The second-order valence-electron chi connectivity index (χ2n) is 5.54. The van der Waals surface area contributed by atoms with Crippen LogP contribution >= 0.6 is 0 Å². The van der Waals surface area contributed by atoms with E-state index in [-0.39, 0.29) is 11.7 Å². The van der Waals surface area contributed by atoms with Crippen LogP contribution < -0.4 is 4.74 Å². The molecule has 1 aromatic rings. The molecular formula is C13H18N2O4. The standard InChI is InChI=1S/C13H18N2O4/c1-13(2)12(16)11(14(3)4)9-7-8(15(17)18)5-6-10(9)19-13/h5-7,11-12,16H,1-4H3. The summed E-state index contributed by atoms with van der Waals surface area (Å²) in [5, 5.41) is 21.3. The van der Waals surface area contributed by atoms with Crippen molar-refractivity contribution >= 4 is 5.69 Å². The number of aliphatic hydroxyl groups is 1. The van der Waals surface area contributed by atoms with E-state index in [0.29, 0.717) is 11.3 Å². The van der Waals surface area contributed by atoms with Crippen molar-refractivity contribution in [1.29, 1.82) is 0 Å². The number of benzene rings is 1. The highest BCUT2D eigenvalue weighted by atomic mass is 16.6. The first-order valence-electron chi connectivity index (χ1n) is 6.06. The molecule has 0 spiro atoms. The van der Waals surface area contributed by atoms with Gasteiger partial charge >= 0.3 is 0 Å². The lowest BCUT2D eigenvalue weighted by Crippen LogP contribution is -2.52. The number of hydrogen-bond donors (Lipinski definition) is 1. The zero-order valence-corrected chi connectivity index (χ0v) is 11.5. The second-order valence-corrected chi connectivity index (χ2v) is 5.54. The molecule has 1 heterocycles. The van der Waals surface area contributed by atoms with E-state index in [9.17, 15) is 15.2 Å². The lowest BCUT2D eigenvalue weighted by atomic mass is 9.86. The number of nitro benzene ring substituents is 1. The Morgan fingerprint density at radius 3 is 2.58 bits per heavy atom. The van der Waals surface area contributed by atoms with Gasteiger partial charge in [0, 0.05) is 17.7 Å². The average Bonchev–Trinajstić information content (AvgIpc) is 2.29. The Morgan fingerprint density at radius 2 is 2.05 bits per heavy atom. The van der Waals surface area contributed by atoms with Crippen molar-refractivity contribution < 1.29 is 14.8 Å². The Bertz CT molecular complexity index is 513. The molecule has 104 valence electrons. The molecular weight excluding hydrogens is 248 g/mol. The van der Waals surface area contributed by atoms with E-state index in [2.05, 4.69) is 0 Å². The zero-order valence-electron chi connectivity index (χ0n) is 11.5. The van der Waals surface area contributed by atoms with Crippen molar-refractivity contribution in [3.63, 3.8) is 0 Å². The maximum absolute atomic E-state index is 10.9. The second kappa shape index (κ2) is 4.47. The van der Waals surface area contributed by atoms with Crippen LogP contribution in [0.1, 0.15) is 25.5 Å². The third kappa shape index (κ3) is 2.29. The molecule has 2 atom stereocenters. The number of hydrogen-bond acceptors (Lipinski definition) is 5. The highest BCUT2D eigenvalue weighted by Gasteiger charge is 2.44. The Hall–Kier alpha value is -1.66. The largest absolute Gasteiger partial charge is 0.485 e. The van der Waals surface area contributed by atoms with E-state index in [1.807, 2.05) is 19.0 Å². The maximum Gasteiger partial charge on any atom is 0.270 e. The van der Waals surface area contributed by atoms with Crippen LogP contribution in [0.5, 0.6) is 5.75 Å². The molecule has 0 saturated heterocycles. The van der Waals surface area contributed by atoms with Crippen LogP contribution in [0.25, 0.3) is 0 Å². The molecule has 2 unspecified atom stereocenters. The van der Waals surface area contributed by atoms with Gasteiger partial charge in [0.05, 0.1) is 11.0 Å². The number of likely N-dealkylation sites (N-methyl/N-ethyl adjacent to an activating group) is 1. The van der Waals surface area contributed by atoms with Crippen molar-refractivity contribution in [2.24, 2.45) is 0 Å². The number of nitro groups is 1. The fraction of sp³-hybridized carbons (Fsp3) is 0.538. The van der Waals surface area contributed by atoms with Gasteiger partial charge < -0.3 is 9.84 Å². The van der Waals surface area contributed by atoms with Crippen LogP contribution in [0.4, 0.5) is 5.69 Å². The summed E-state index contributed by atoms with van der Waals surface area (Å²) in [6, 6.07) is 4.15. The number of fused-ring (bicyclic) bond motifs is 1. The molecule has 6 heteroatoms. The van der Waals surface area contributed by atoms with Gasteiger partial charge in [-0.05, 0) is 34.0 Å². The number of ether oxygens (including phenoxy) is 1. The smallest absolute Gasteiger partial charge is 0.270 e. The van der Waals surface area contributed by atoms with E-state index in [1.165, 1.54) is 12.1 Å². The topological polar surface area (TPSA) is 75.8 Å². The first-order chi connectivity index (χ1) is 8.74. The third-order valence-corrected chi connectivity index (χ3v) is 3.46. The van der Waals surface area contributed by atoms with Crippen molar-refractivity contribution in [3.8, 4) is 5.75 Å². The predicted octanol–water partition coefficient (Wildman–Crippen LogP) is 1.73. The van der Waals surface area contributed by atoms with E-state index >= 15 is 0 Å². The number of non-ortho nitro benzene ring substituents is 1. The molecule has 2 rings (SSSR count). The SMILES string of the molecule is CN(C)C1c2cc([N+](=O)[O-])ccc2OC(C)(C)C1O. The molecule has 0 saturated carbocycles. The van der Waals surface area contributed by atoms with Crippen molar-refractivity contribution in [1.82, 2.24) is 4.90 Å². The molecule has 19 heavy (non-hydrogen) atoms. The maximum atomic E-state index is 10.9. The van der Waals surface area contributed by atoms with Crippen LogP contribution in [0.2, 0.25) is 0 Å². The minimum absolute atomic E-state index is 0.00102. The minimum atomic E-state index is -0.767. The average molecular weight is 266 g/mol. The number of nitrogens with zero attached hydrogens (tertiary/aromatic N) is 2. The first-order valence-corrected chi connectivity index (χ1v) is 6.06. The monoisotopic (exact) mass is 266 g/mol. The van der Waals surface area contributed by atoms with Gasteiger partial charge in [0.2, 0.25) is 0 Å². The summed E-state index contributed by atoms with van der Waals surface area (Å²) in [6.45, 7) is 3.61. The molecule has 1 aromatic carbocycles. The molecule has 0 bridgehead atoms. The van der Waals surface area contributed by atoms with Crippen LogP contribution in [0.3, 0.4) is 0 Å². The van der Waals surface area contributed by atoms with Crippen LogP contribution in [0, 0.1) is 10.1 Å². The van der Waals surface area contributed by atoms with Crippen molar-refractivity contribution in [2.45, 2.75) is 31.6 Å². The summed E-state index contributed by atoms with van der Waals surface area (Å²) in [5.41, 5.74) is -0.0925. The summed E-state index contributed by atoms with van der Waals surface area (Å²) in [6.07, 6.45) is -0.767. The highest BCUT2D eigenvalue weighted by molar-refractivity contribution is 5.47. The number of aliphatic hydroxyl groups excluding tert-OH is 1. The van der Waals surface area contributed by atoms with Gasteiger partial charge in [0.1, 0.15) is 17.5 Å². The molecule has 1 aliphatic rings. The molecule has 0 fully saturated rings. The van der Waals surface area contributed by atoms with Gasteiger partial charge in [-0.2, -0.15) is 0 Å². The third-order valence-electron chi connectivity index (χ3n) is 3.46. The Morgan fingerprint density at radius 1 is 1.42 bits per heavy atom. The Labute approximate surface area is 111 Å². The summed E-state index contributed by atoms with van der Waals surface area (Å²) >= 11 is 0. The van der Waals surface area contributed by atoms with Crippen molar-refractivity contribution in [3.05, 3.63) is 33.9 Å². The van der Waals surface area contributed by atoms with Crippen LogP contribution in [-0.2, 0) is 0 Å². The Balaban J connectivity index is 2.57. The molecule has 0 amide bonds. The fourth-order valence-corrected chi connectivity index (χ4v) is 2.43. The van der Waals surface area contributed by atoms with E-state index in [1.54, 1.807) is 19.9 Å². The molecule has 0 aromatic heterocycles. The number of rotatable bonds is 2. The first kappa shape index (κ1) is 13.8. The lowest BCUT2D eigenvalue weighted by Gasteiger charge is -2.44. The lowest BCUT2D eigenvalue weighted by molar-refractivity contribution is -0.385. The molecule has 1 aliphatic heterocycles. The van der Waals surface area contributed by atoms with Gasteiger partial charge in [0.15, 0.2) is 0 Å². The normalized spacial score (nSPS) is 24.7. The van der Waals surface area contributed by atoms with E-state index in [0.717, 1.165) is 0 Å². The molecule has 1 N–H and O–H groups in total. The summed E-state index contributed by atoms with van der Waals surface area (Å²) in [7, 11) is 3.66. The van der Waals surface area contributed by atoms with Crippen LogP contribution in [-0.4, -0.2) is 40.7 Å². The van der Waals surface area contributed by atoms with E-state index in [4.69, 9.17) is 4.74 Å². The molecule has 6 nitrogen and oxygen atoms in total. The van der Waals surface area contributed by atoms with Gasteiger partial charge in [-0.25, -0.2) is 0 Å². The fourth-order valence-electron chi connectivity index (χ4n) is 2.43. The van der Waals surface area contributed by atoms with Gasteiger partial charge in [0.25, 0.3) is 5.69 Å². The van der Waals surface area contributed by atoms with Gasteiger partial charge in [-0.3, -0.25) is 15.0 Å². The highest BCUT2D eigenvalue weighted by Crippen LogP contribution is 2.43. The summed E-state index contributed by atoms with van der Waals surface area (Å²) in [4.78, 5) is 12.3. The predicted molar refractivity (Wildman–Crippen MR) is 70.2 cm³/mol. The van der Waals surface area contributed by atoms with E-state index < -0.39 is 16.6 Å². The van der Waals surface area contributed by atoms with Gasteiger partial charge in [-0.1, -0.05) is 0 Å². The van der Waals surface area contributed by atoms with Gasteiger partial charge in [-0.15, -0.1) is 0 Å². The quantitative estimate of drug-likeness (QED) is 0.651. The summed E-state index contributed by atoms with van der Waals surface area (Å²) < 4.78 is 5.75. The van der Waals surface area contributed by atoms with Crippen molar-refractivity contribution in [2.75, 3.05) is 14.1 Å². The summed E-state index contributed by atoms with van der Waals surface area (Å²) in [5.74, 6) is 0.583. The van der Waals surface area contributed by atoms with Crippen LogP contribution in [0.15, 0.2) is 18.2 Å². The molecule has 0 aliphatic carbocycles. The molecule has 0 radical (unpaired) electrons.